The van der Waals surface area contributed by atoms with Crippen molar-refractivity contribution in [3.63, 3.8) is 0 Å². The normalized spacial score (nSPS) is 28.0. The summed E-state index contributed by atoms with van der Waals surface area (Å²) in [5.74, 6) is -0.848. The maximum absolute atomic E-state index is 14.0. The van der Waals surface area contributed by atoms with Crippen LogP contribution in [0.5, 0.6) is 0 Å². The second kappa shape index (κ2) is 8.47. The Morgan fingerprint density at radius 2 is 1.76 bits per heavy atom. The van der Waals surface area contributed by atoms with Crippen LogP contribution in [0.25, 0.3) is 0 Å². The molecule has 2 N–H and O–H groups in total. The second-order valence-corrected chi connectivity index (χ2v) is 9.94. The van der Waals surface area contributed by atoms with Crippen molar-refractivity contribution in [2.24, 2.45) is 11.8 Å². The van der Waals surface area contributed by atoms with E-state index >= 15 is 0 Å². The van der Waals surface area contributed by atoms with Crippen LogP contribution in [-0.2, 0) is 26.5 Å². The van der Waals surface area contributed by atoms with E-state index in [9.17, 15) is 14.4 Å². The monoisotopic (exact) mass is 462 g/mol. The zero-order valence-electron chi connectivity index (χ0n) is 18.6. The predicted molar refractivity (Wildman–Crippen MR) is 128 cm³/mol. The summed E-state index contributed by atoms with van der Waals surface area (Å²) < 4.78 is 0. The fourth-order valence-corrected chi connectivity index (χ4v) is 6.43. The summed E-state index contributed by atoms with van der Waals surface area (Å²) in [7, 11) is 0. The summed E-state index contributed by atoms with van der Waals surface area (Å²) in [6, 6.07) is 17.1. The predicted octanol–water partition coefficient (Wildman–Crippen LogP) is 1.91. The molecule has 3 heterocycles. The quantitative estimate of drug-likeness (QED) is 0.504. The molecule has 7 heteroatoms. The van der Waals surface area contributed by atoms with Crippen molar-refractivity contribution >= 4 is 35.2 Å². The van der Waals surface area contributed by atoms with Gasteiger partial charge in [0.25, 0.3) is 5.91 Å². The van der Waals surface area contributed by atoms with Crippen LogP contribution in [0.3, 0.4) is 0 Å². The number of carbonyl (C=O) groups excluding carboxylic acids is 3. The van der Waals surface area contributed by atoms with Crippen LogP contribution in [-0.4, -0.2) is 47.2 Å². The third-order valence-electron chi connectivity index (χ3n) is 7.26. The largest absolute Gasteiger partial charge is 0.326 e. The maximum atomic E-state index is 14.0. The van der Waals surface area contributed by atoms with Crippen molar-refractivity contribution < 1.29 is 19.7 Å². The molecule has 3 aliphatic rings. The molecule has 2 aromatic carbocycles. The highest BCUT2D eigenvalue weighted by molar-refractivity contribution is 7.98. The second-order valence-electron chi connectivity index (χ2n) is 8.95. The number of carbonyl (C=O) groups is 3. The van der Waals surface area contributed by atoms with Crippen LogP contribution in [0.4, 0.5) is 5.69 Å². The smallest absolute Gasteiger partial charge is 0.294 e. The molecule has 170 valence electrons. The highest BCUT2D eigenvalue weighted by Gasteiger charge is 2.75. The van der Waals surface area contributed by atoms with Gasteiger partial charge in [0.15, 0.2) is 0 Å². The van der Waals surface area contributed by atoms with Gasteiger partial charge in [0, 0.05) is 18.5 Å². The molecule has 2 aromatic rings. The van der Waals surface area contributed by atoms with E-state index in [1.165, 1.54) is 4.90 Å². The van der Waals surface area contributed by atoms with Gasteiger partial charge >= 0.3 is 0 Å². The minimum Gasteiger partial charge on any atom is -0.326 e. The Bertz CT molecular complexity index is 1120. The molecule has 0 saturated carbocycles. The first-order chi connectivity index (χ1) is 16.0. The number of hydrogen-bond acceptors (Lipinski definition) is 4. The van der Waals surface area contributed by atoms with Gasteiger partial charge in [0.2, 0.25) is 17.4 Å². The van der Waals surface area contributed by atoms with Gasteiger partial charge in [0.05, 0.1) is 12.2 Å². The molecular formula is C26H28N3O3S+. The summed E-state index contributed by atoms with van der Waals surface area (Å²) in [4.78, 5) is 44.7. The number of imide groups is 1. The molecule has 0 radical (unpaired) electrons. The van der Waals surface area contributed by atoms with E-state index in [-0.39, 0.29) is 30.3 Å². The Hall–Kier alpha value is -2.90. The summed E-state index contributed by atoms with van der Waals surface area (Å²) in [5, 5.41) is 2.04. The highest BCUT2D eigenvalue weighted by Crippen LogP contribution is 2.51. The zero-order valence-corrected chi connectivity index (χ0v) is 19.5. The molecule has 0 bridgehead atoms. The van der Waals surface area contributed by atoms with Crippen molar-refractivity contribution in [1.29, 1.82) is 0 Å². The third-order valence-corrected chi connectivity index (χ3v) is 7.91. The van der Waals surface area contributed by atoms with E-state index < -0.39 is 17.4 Å². The molecule has 2 saturated heterocycles. The van der Waals surface area contributed by atoms with Crippen LogP contribution in [0.1, 0.15) is 17.5 Å². The van der Waals surface area contributed by atoms with E-state index in [0.717, 1.165) is 29.0 Å². The number of likely N-dealkylation sites (tertiary alicyclic amines) is 1. The first kappa shape index (κ1) is 21.9. The molecule has 3 amide bonds. The standard InChI is InChI=1S/C26H27N3O3S/c1-3-14-28-20-12-8-7-11-18(20)26(25(28)32)22-21(19(27-26)13-15-33-2)23(30)29(24(22)31)16-17-9-5-4-6-10-17/h3-12,19,21-22,27H,1,13-16H2,2H3/p+1/t19-,21-,22+,26+/m1/s1. The molecule has 3 aliphatic heterocycles. The average Bonchev–Trinajstić information content (AvgIpc) is 3.39. The van der Waals surface area contributed by atoms with Gasteiger partial charge in [-0.05, 0) is 23.6 Å². The Morgan fingerprint density at radius 1 is 1.03 bits per heavy atom. The maximum Gasteiger partial charge on any atom is 0.294 e. The summed E-state index contributed by atoms with van der Waals surface area (Å²) in [6.07, 6.45) is 4.50. The van der Waals surface area contributed by atoms with Gasteiger partial charge in [-0.1, -0.05) is 54.6 Å². The van der Waals surface area contributed by atoms with Crippen molar-refractivity contribution in [2.75, 3.05) is 23.5 Å². The summed E-state index contributed by atoms with van der Waals surface area (Å²) in [6.45, 7) is 4.43. The van der Waals surface area contributed by atoms with Crippen LogP contribution >= 0.6 is 11.8 Å². The molecule has 5 rings (SSSR count). The lowest BCUT2D eigenvalue weighted by Gasteiger charge is -2.27. The molecule has 4 atom stereocenters. The lowest BCUT2D eigenvalue weighted by molar-refractivity contribution is -0.733. The molecular weight excluding hydrogens is 434 g/mol. The Kier molecular flexibility index (Phi) is 5.62. The Balaban J connectivity index is 1.61. The number of fused-ring (bicyclic) bond motifs is 4. The molecule has 0 aromatic heterocycles. The molecule has 33 heavy (non-hydrogen) atoms. The number of hydrogen-bond donors (Lipinski definition) is 1. The van der Waals surface area contributed by atoms with Crippen molar-refractivity contribution in [3.8, 4) is 0 Å². The Labute approximate surface area is 198 Å². The van der Waals surface area contributed by atoms with E-state index in [1.54, 1.807) is 22.7 Å². The first-order valence-electron chi connectivity index (χ1n) is 11.3. The first-order valence-corrected chi connectivity index (χ1v) is 12.7. The molecule has 0 aliphatic carbocycles. The average molecular weight is 463 g/mol. The van der Waals surface area contributed by atoms with Crippen molar-refractivity contribution in [1.82, 2.24) is 4.90 Å². The topological polar surface area (TPSA) is 74.3 Å². The number of nitrogens with two attached hydrogens (primary N) is 1. The van der Waals surface area contributed by atoms with Crippen LogP contribution in [0.2, 0.25) is 0 Å². The minimum absolute atomic E-state index is 0.118. The van der Waals surface area contributed by atoms with Crippen LogP contribution in [0, 0.1) is 11.8 Å². The molecule has 6 nitrogen and oxygen atoms in total. The van der Waals surface area contributed by atoms with Crippen molar-refractivity contribution in [2.45, 2.75) is 24.5 Å². The Morgan fingerprint density at radius 3 is 2.48 bits per heavy atom. The number of anilines is 1. The van der Waals surface area contributed by atoms with Gasteiger partial charge in [-0.25, -0.2) is 0 Å². The number of thioether (sulfide) groups is 1. The van der Waals surface area contributed by atoms with Gasteiger partial charge in [-0.3, -0.25) is 19.3 Å². The SMILES string of the molecule is C=CCN1C(=O)[C@]2([NH2+][C@H](CCSC)[C@H]3C(=O)N(Cc4ccccc4)C(=O)[C@H]32)c2ccccc21. The van der Waals surface area contributed by atoms with Crippen LogP contribution < -0.4 is 10.2 Å². The van der Waals surface area contributed by atoms with E-state index in [0.29, 0.717) is 6.54 Å². The summed E-state index contributed by atoms with van der Waals surface area (Å²) >= 11 is 1.72. The zero-order chi connectivity index (χ0) is 23.2. The van der Waals surface area contributed by atoms with Crippen molar-refractivity contribution in [3.05, 3.63) is 78.4 Å². The van der Waals surface area contributed by atoms with Gasteiger partial charge in [-0.2, -0.15) is 11.8 Å². The molecule has 1 spiro atoms. The van der Waals surface area contributed by atoms with E-state index in [1.807, 2.05) is 66.2 Å². The molecule has 2 fully saturated rings. The lowest BCUT2D eigenvalue weighted by atomic mass is 9.76. The fourth-order valence-electron chi connectivity index (χ4n) is 5.92. The van der Waals surface area contributed by atoms with Gasteiger partial charge < -0.3 is 10.2 Å². The number of rotatable bonds is 7. The fraction of sp³-hybridized carbons (Fsp3) is 0.346. The van der Waals surface area contributed by atoms with E-state index in [4.69, 9.17) is 0 Å². The third kappa shape index (κ3) is 3.17. The highest BCUT2D eigenvalue weighted by atomic mass is 32.2. The summed E-state index contributed by atoms with van der Waals surface area (Å²) in [5.41, 5.74) is 1.45. The van der Waals surface area contributed by atoms with Crippen LogP contribution in [0.15, 0.2) is 67.3 Å². The number of benzene rings is 2. The number of amides is 3. The number of nitrogens with zero attached hydrogens (tertiary/aromatic N) is 2. The number of para-hydroxylation sites is 1. The lowest BCUT2D eigenvalue weighted by Crippen LogP contribution is -2.99. The van der Waals surface area contributed by atoms with Gasteiger partial charge in [0.1, 0.15) is 17.9 Å². The molecule has 0 unspecified atom stereocenters. The van der Waals surface area contributed by atoms with E-state index in [2.05, 4.69) is 6.58 Å². The minimum atomic E-state index is -1.11. The van der Waals surface area contributed by atoms with Gasteiger partial charge in [-0.15, -0.1) is 6.58 Å². The number of quaternary nitrogens is 1.